The highest BCUT2D eigenvalue weighted by Crippen LogP contribution is 2.25. The number of hydrogen-bond donors (Lipinski definition) is 0. The van der Waals surface area contributed by atoms with Crippen LogP contribution in [-0.2, 0) is 6.42 Å². The third kappa shape index (κ3) is 1.89. The first-order valence-corrected chi connectivity index (χ1v) is 4.71. The Morgan fingerprint density at radius 1 is 1.21 bits per heavy atom. The summed E-state index contributed by atoms with van der Waals surface area (Å²) in [7, 11) is 0. The van der Waals surface area contributed by atoms with E-state index in [1.54, 1.807) is 18.2 Å². The third-order valence-corrected chi connectivity index (χ3v) is 2.51. The molecule has 0 amide bonds. The SMILES string of the molecule is Clc1cccc(Cl)c1Cc1ncon1. The molecule has 72 valence electrons. The molecule has 0 aliphatic heterocycles. The second-order valence-electron chi connectivity index (χ2n) is 2.72. The van der Waals surface area contributed by atoms with Gasteiger partial charge in [-0.25, -0.2) is 0 Å². The summed E-state index contributed by atoms with van der Waals surface area (Å²) < 4.78 is 4.62. The summed E-state index contributed by atoms with van der Waals surface area (Å²) >= 11 is 12.0. The van der Waals surface area contributed by atoms with Crippen molar-refractivity contribution in [2.75, 3.05) is 0 Å². The molecule has 1 heterocycles. The summed E-state index contributed by atoms with van der Waals surface area (Å²) in [6.07, 6.45) is 1.76. The van der Waals surface area contributed by atoms with Crippen molar-refractivity contribution in [1.82, 2.24) is 10.1 Å². The molecule has 0 bridgehead atoms. The van der Waals surface area contributed by atoms with Gasteiger partial charge in [-0.15, -0.1) is 0 Å². The van der Waals surface area contributed by atoms with E-state index in [0.29, 0.717) is 22.3 Å². The van der Waals surface area contributed by atoms with Crippen molar-refractivity contribution < 1.29 is 4.52 Å². The molecular formula is C9H6Cl2N2O. The molecule has 1 aromatic carbocycles. The molecule has 0 unspecified atom stereocenters. The first kappa shape index (κ1) is 9.49. The van der Waals surface area contributed by atoms with Gasteiger partial charge in [-0.1, -0.05) is 34.4 Å². The molecule has 0 spiro atoms. The van der Waals surface area contributed by atoms with E-state index in [9.17, 15) is 0 Å². The maximum absolute atomic E-state index is 5.98. The van der Waals surface area contributed by atoms with Crippen LogP contribution in [0.3, 0.4) is 0 Å². The molecule has 2 rings (SSSR count). The molecule has 0 N–H and O–H groups in total. The van der Waals surface area contributed by atoms with E-state index in [0.717, 1.165) is 5.56 Å². The zero-order valence-electron chi connectivity index (χ0n) is 7.08. The van der Waals surface area contributed by atoms with Crippen LogP contribution in [0.2, 0.25) is 10.0 Å². The Kier molecular flexibility index (Phi) is 2.70. The molecule has 0 radical (unpaired) electrons. The van der Waals surface area contributed by atoms with E-state index >= 15 is 0 Å². The zero-order chi connectivity index (χ0) is 9.97. The molecular weight excluding hydrogens is 223 g/mol. The van der Waals surface area contributed by atoms with Gasteiger partial charge in [0, 0.05) is 16.5 Å². The van der Waals surface area contributed by atoms with Gasteiger partial charge in [-0.2, -0.15) is 4.98 Å². The van der Waals surface area contributed by atoms with Gasteiger partial charge in [0.15, 0.2) is 5.82 Å². The molecule has 0 aliphatic rings. The number of hydrogen-bond acceptors (Lipinski definition) is 3. The van der Waals surface area contributed by atoms with E-state index in [1.165, 1.54) is 6.39 Å². The van der Waals surface area contributed by atoms with E-state index < -0.39 is 0 Å². The standard InChI is InChI=1S/C9H6Cl2N2O/c10-7-2-1-3-8(11)6(7)4-9-12-5-14-13-9/h1-3,5H,4H2. The van der Waals surface area contributed by atoms with Gasteiger partial charge in [-0.3, -0.25) is 0 Å². The van der Waals surface area contributed by atoms with Crippen LogP contribution in [0.25, 0.3) is 0 Å². The Bertz CT molecular complexity index is 408. The van der Waals surface area contributed by atoms with Gasteiger partial charge in [0.05, 0.1) is 0 Å². The van der Waals surface area contributed by atoms with Crippen LogP contribution in [0.4, 0.5) is 0 Å². The second-order valence-corrected chi connectivity index (χ2v) is 3.54. The zero-order valence-corrected chi connectivity index (χ0v) is 8.59. The molecule has 5 heteroatoms. The van der Waals surface area contributed by atoms with Gasteiger partial charge in [-0.05, 0) is 17.7 Å². The van der Waals surface area contributed by atoms with Crippen molar-refractivity contribution >= 4 is 23.2 Å². The van der Waals surface area contributed by atoms with Crippen LogP contribution in [-0.4, -0.2) is 10.1 Å². The van der Waals surface area contributed by atoms with Gasteiger partial charge >= 0.3 is 0 Å². The monoisotopic (exact) mass is 228 g/mol. The van der Waals surface area contributed by atoms with E-state index in [4.69, 9.17) is 23.2 Å². The summed E-state index contributed by atoms with van der Waals surface area (Å²) in [5.41, 5.74) is 0.817. The minimum Gasteiger partial charge on any atom is -0.343 e. The minimum atomic E-state index is 0.481. The molecule has 14 heavy (non-hydrogen) atoms. The molecule has 0 saturated heterocycles. The predicted octanol–water partition coefficient (Wildman–Crippen LogP) is 2.97. The highest BCUT2D eigenvalue weighted by atomic mass is 35.5. The van der Waals surface area contributed by atoms with Crippen LogP contribution in [0.1, 0.15) is 11.4 Å². The highest BCUT2D eigenvalue weighted by molar-refractivity contribution is 6.36. The average Bonchev–Trinajstić information content (AvgIpc) is 2.64. The van der Waals surface area contributed by atoms with Crippen LogP contribution in [0.5, 0.6) is 0 Å². The summed E-state index contributed by atoms with van der Waals surface area (Å²) in [6.45, 7) is 0. The summed E-state index contributed by atoms with van der Waals surface area (Å²) in [6, 6.07) is 5.36. The first-order chi connectivity index (χ1) is 6.77. The first-order valence-electron chi connectivity index (χ1n) is 3.95. The summed E-state index contributed by atoms with van der Waals surface area (Å²) in [5.74, 6) is 0.569. The lowest BCUT2D eigenvalue weighted by molar-refractivity contribution is 0.411. The summed E-state index contributed by atoms with van der Waals surface area (Å²) in [5, 5.41) is 4.92. The fourth-order valence-corrected chi connectivity index (χ4v) is 1.66. The Morgan fingerprint density at radius 3 is 2.50 bits per heavy atom. The number of benzene rings is 1. The molecule has 2 aromatic rings. The molecule has 0 saturated carbocycles. The quantitative estimate of drug-likeness (QED) is 0.794. The van der Waals surface area contributed by atoms with E-state index in [-0.39, 0.29) is 0 Å². The molecule has 3 nitrogen and oxygen atoms in total. The van der Waals surface area contributed by atoms with Crippen molar-refractivity contribution in [2.24, 2.45) is 0 Å². The van der Waals surface area contributed by atoms with E-state index in [1.807, 2.05) is 0 Å². The van der Waals surface area contributed by atoms with Crippen molar-refractivity contribution in [3.05, 3.63) is 46.0 Å². The van der Waals surface area contributed by atoms with Gasteiger partial charge in [0.2, 0.25) is 6.39 Å². The van der Waals surface area contributed by atoms with Crippen LogP contribution < -0.4 is 0 Å². The maximum Gasteiger partial charge on any atom is 0.213 e. The molecule has 0 aliphatic carbocycles. The predicted molar refractivity (Wildman–Crippen MR) is 53.6 cm³/mol. The largest absolute Gasteiger partial charge is 0.343 e. The van der Waals surface area contributed by atoms with Crippen molar-refractivity contribution in [3.8, 4) is 0 Å². The Morgan fingerprint density at radius 2 is 1.93 bits per heavy atom. The number of aromatic nitrogens is 2. The van der Waals surface area contributed by atoms with Crippen molar-refractivity contribution in [2.45, 2.75) is 6.42 Å². The lowest BCUT2D eigenvalue weighted by Crippen LogP contribution is -1.92. The van der Waals surface area contributed by atoms with Crippen LogP contribution >= 0.6 is 23.2 Å². The topological polar surface area (TPSA) is 38.9 Å². The Labute approximate surface area is 90.6 Å². The van der Waals surface area contributed by atoms with Crippen molar-refractivity contribution in [3.63, 3.8) is 0 Å². The molecule has 0 fully saturated rings. The number of rotatable bonds is 2. The Balaban J connectivity index is 2.33. The summed E-state index contributed by atoms with van der Waals surface area (Å²) in [4.78, 5) is 3.90. The molecule has 0 atom stereocenters. The van der Waals surface area contributed by atoms with Crippen LogP contribution in [0.15, 0.2) is 29.1 Å². The van der Waals surface area contributed by atoms with Gasteiger partial charge in [0.25, 0.3) is 0 Å². The third-order valence-electron chi connectivity index (χ3n) is 1.80. The fraction of sp³-hybridized carbons (Fsp3) is 0.111. The van der Waals surface area contributed by atoms with Crippen LogP contribution in [0, 0.1) is 0 Å². The van der Waals surface area contributed by atoms with Crippen molar-refractivity contribution in [1.29, 1.82) is 0 Å². The maximum atomic E-state index is 5.98. The normalized spacial score (nSPS) is 10.4. The lowest BCUT2D eigenvalue weighted by Gasteiger charge is -2.02. The highest BCUT2D eigenvalue weighted by Gasteiger charge is 2.08. The minimum absolute atomic E-state index is 0.481. The second kappa shape index (κ2) is 3.98. The van der Waals surface area contributed by atoms with Gasteiger partial charge in [0.1, 0.15) is 0 Å². The number of halogens is 2. The average molecular weight is 229 g/mol. The lowest BCUT2D eigenvalue weighted by atomic mass is 10.1. The fourth-order valence-electron chi connectivity index (χ4n) is 1.13. The van der Waals surface area contributed by atoms with Gasteiger partial charge < -0.3 is 4.52 Å². The van der Waals surface area contributed by atoms with E-state index in [2.05, 4.69) is 14.7 Å². The number of nitrogens with zero attached hydrogens (tertiary/aromatic N) is 2. The Hall–Kier alpha value is -1.06. The molecule has 1 aromatic heterocycles. The smallest absolute Gasteiger partial charge is 0.213 e.